The molecule has 0 radical (unpaired) electrons. The Morgan fingerprint density at radius 1 is 1.11 bits per heavy atom. The van der Waals surface area contributed by atoms with Crippen molar-refractivity contribution in [2.24, 2.45) is 0 Å². The summed E-state index contributed by atoms with van der Waals surface area (Å²) < 4.78 is 30.1. The number of carbonyl (C=O) groups excluding carboxylic acids is 2. The minimum atomic E-state index is -3.90. The summed E-state index contributed by atoms with van der Waals surface area (Å²) in [5, 5.41) is 2.62. The van der Waals surface area contributed by atoms with Crippen molar-refractivity contribution in [2.45, 2.75) is 18.2 Å². The number of esters is 1. The molecule has 0 unspecified atom stereocenters. The molecule has 8 nitrogen and oxygen atoms in total. The minimum absolute atomic E-state index is 0.00526. The average molecular weight is 406 g/mol. The lowest BCUT2D eigenvalue weighted by Crippen LogP contribution is -2.26. The number of carbonyl (C=O) groups is 2. The molecule has 0 bridgehead atoms. The maximum atomic E-state index is 12.2. The summed E-state index contributed by atoms with van der Waals surface area (Å²) >= 11 is 0. The first-order valence-corrected chi connectivity index (χ1v) is 9.91. The van der Waals surface area contributed by atoms with Crippen LogP contribution in [0.15, 0.2) is 53.4 Å². The van der Waals surface area contributed by atoms with E-state index >= 15 is 0 Å². The molecule has 0 aliphatic rings. The smallest absolute Gasteiger partial charge is 0.338 e. The van der Waals surface area contributed by atoms with Crippen LogP contribution in [0.3, 0.4) is 0 Å². The van der Waals surface area contributed by atoms with Crippen LogP contribution in [0.4, 0.5) is 5.69 Å². The normalized spacial score (nSPS) is 11.3. The summed E-state index contributed by atoms with van der Waals surface area (Å²) in [6.45, 7) is 1.53. The van der Waals surface area contributed by atoms with Gasteiger partial charge in [-0.2, -0.15) is 0 Å². The van der Waals surface area contributed by atoms with Crippen LogP contribution in [0, 0.1) is 0 Å². The van der Waals surface area contributed by atoms with Gasteiger partial charge in [-0.1, -0.05) is 29.6 Å². The number of sulfonamides is 1. The number of benzene rings is 2. The number of hydrogen-bond donors (Lipinski definition) is 1. The molecule has 0 saturated heterocycles. The molecule has 2 rings (SSSR count). The van der Waals surface area contributed by atoms with Crippen LogP contribution in [0.1, 0.15) is 22.8 Å². The van der Waals surface area contributed by atoms with Gasteiger partial charge in [0.1, 0.15) is 0 Å². The molecular weight excluding hydrogens is 384 g/mol. The highest BCUT2D eigenvalue weighted by Crippen LogP contribution is 2.16. The highest BCUT2D eigenvalue weighted by molar-refractivity contribution is 7.89. The van der Waals surface area contributed by atoms with E-state index in [-0.39, 0.29) is 10.5 Å². The van der Waals surface area contributed by atoms with E-state index in [1.165, 1.54) is 32.4 Å². The summed E-state index contributed by atoms with van der Waals surface area (Å²) in [7, 11) is -1.45. The average Bonchev–Trinajstić information content (AvgIpc) is 2.71. The summed E-state index contributed by atoms with van der Waals surface area (Å²) in [5.74, 6) is -1.31. The Kier molecular flexibility index (Phi) is 7.27. The Hall–Kier alpha value is -2.75. The Morgan fingerprint density at radius 3 is 2.39 bits per heavy atom. The van der Waals surface area contributed by atoms with Crippen LogP contribution in [-0.2, 0) is 30.8 Å². The van der Waals surface area contributed by atoms with E-state index in [1.54, 1.807) is 12.1 Å². The molecular formula is C19H22N2O6S. The third kappa shape index (κ3) is 5.38. The first-order chi connectivity index (χ1) is 13.3. The second kappa shape index (κ2) is 9.45. The number of aryl methyl sites for hydroxylation is 1. The number of anilines is 1. The SMILES string of the molecule is CCc1ccc(NC(=O)COC(=O)c2cccc(S(=O)(=O)N(C)OC)c2)cc1. The van der Waals surface area contributed by atoms with E-state index in [1.807, 2.05) is 19.1 Å². The fourth-order valence-corrected chi connectivity index (χ4v) is 3.28. The number of nitrogens with one attached hydrogen (secondary N) is 1. The van der Waals surface area contributed by atoms with E-state index in [9.17, 15) is 18.0 Å². The fraction of sp³-hybridized carbons (Fsp3) is 0.263. The van der Waals surface area contributed by atoms with E-state index in [2.05, 4.69) is 5.32 Å². The zero-order valence-corrected chi connectivity index (χ0v) is 16.7. The lowest BCUT2D eigenvalue weighted by atomic mass is 10.1. The number of hydroxylamine groups is 1. The Bertz CT molecular complexity index is 941. The Labute approximate surface area is 164 Å². The van der Waals surface area contributed by atoms with Gasteiger partial charge < -0.3 is 10.1 Å². The first-order valence-electron chi connectivity index (χ1n) is 8.47. The molecule has 1 N–H and O–H groups in total. The third-order valence-electron chi connectivity index (χ3n) is 3.94. The molecule has 0 fully saturated rings. The van der Waals surface area contributed by atoms with Crippen LogP contribution in [0.5, 0.6) is 0 Å². The quantitative estimate of drug-likeness (QED) is 0.533. The lowest BCUT2D eigenvalue weighted by Gasteiger charge is -2.14. The minimum Gasteiger partial charge on any atom is -0.452 e. The van der Waals surface area contributed by atoms with Gasteiger partial charge in [0.15, 0.2) is 6.61 Å². The number of hydrogen-bond acceptors (Lipinski definition) is 6. The summed E-state index contributed by atoms with van der Waals surface area (Å²) in [4.78, 5) is 28.7. The molecule has 2 aromatic carbocycles. The Balaban J connectivity index is 1.99. The molecule has 0 spiro atoms. The van der Waals surface area contributed by atoms with Gasteiger partial charge in [0.2, 0.25) is 0 Å². The molecule has 1 amide bonds. The highest BCUT2D eigenvalue weighted by atomic mass is 32.2. The van der Waals surface area contributed by atoms with E-state index < -0.39 is 28.5 Å². The second-order valence-electron chi connectivity index (χ2n) is 5.80. The molecule has 0 aliphatic heterocycles. The van der Waals surface area contributed by atoms with Gasteiger partial charge in [-0.05, 0) is 42.3 Å². The number of nitrogens with zero attached hydrogens (tertiary/aromatic N) is 1. The van der Waals surface area contributed by atoms with Crippen molar-refractivity contribution in [1.29, 1.82) is 0 Å². The standard InChI is InChI=1S/C19H22N2O6S/c1-4-14-8-10-16(11-9-14)20-18(22)13-27-19(23)15-6-5-7-17(12-15)28(24,25)21(2)26-3/h5-12H,4,13H2,1-3H3,(H,20,22). The lowest BCUT2D eigenvalue weighted by molar-refractivity contribution is -0.119. The van der Waals surface area contributed by atoms with Crippen molar-refractivity contribution >= 4 is 27.6 Å². The van der Waals surface area contributed by atoms with Crippen LogP contribution >= 0.6 is 0 Å². The first kappa shape index (κ1) is 21.5. The van der Waals surface area contributed by atoms with E-state index in [4.69, 9.17) is 9.57 Å². The molecule has 0 saturated carbocycles. The van der Waals surface area contributed by atoms with Gasteiger partial charge in [-0.25, -0.2) is 13.2 Å². The van der Waals surface area contributed by atoms with Crippen molar-refractivity contribution in [3.05, 3.63) is 59.7 Å². The molecule has 150 valence electrons. The van der Waals surface area contributed by atoms with Gasteiger partial charge in [-0.15, -0.1) is 0 Å². The van der Waals surface area contributed by atoms with Gasteiger partial charge >= 0.3 is 5.97 Å². The maximum absolute atomic E-state index is 12.2. The number of amides is 1. The zero-order valence-electron chi connectivity index (χ0n) is 15.8. The predicted molar refractivity (Wildman–Crippen MR) is 103 cm³/mol. The van der Waals surface area contributed by atoms with Gasteiger partial charge in [0.25, 0.3) is 15.9 Å². The van der Waals surface area contributed by atoms with Crippen LogP contribution in [-0.4, -0.2) is 45.5 Å². The van der Waals surface area contributed by atoms with E-state index in [0.717, 1.165) is 18.1 Å². The number of ether oxygens (including phenoxy) is 1. The molecule has 9 heteroatoms. The van der Waals surface area contributed by atoms with Gasteiger partial charge in [-0.3, -0.25) is 9.63 Å². The molecule has 28 heavy (non-hydrogen) atoms. The van der Waals surface area contributed by atoms with Gasteiger partial charge in [0, 0.05) is 12.7 Å². The van der Waals surface area contributed by atoms with Crippen LogP contribution < -0.4 is 5.32 Å². The summed E-state index contributed by atoms with van der Waals surface area (Å²) in [6, 6.07) is 12.6. The van der Waals surface area contributed by atoms with Crippen molar-refractivity contribution in [1.82, 2.24) is 4.47 Å². The van der Waals surface area contributed by atoms with Crippen LogP contribution in [0.2, 0.25) is 0 Å². The fourth-order valence-electron chi connectivity index (χ4n) is 2.27. The molecule has 0 aromatic heterocycles. The zero-order chi connectivity index (χ0) is 20.7. The van der Waals surface area contributed by atoms with E-state index in [0.29, 0.717) is 10.2 Å². The van der Waals surface area contributed by atoms with Gasteiger partial charge in [0.05, 0.1) is 17.6 Å². The largest absolute Gasteiger partial charge is 0.452 e. The topological polar surface area (TPSA) is 102 Å². The maximum Gasteiger partial charge on any atom is 0.338 e. The van der Waals surface area contributed by atoms with Crippen LogP contribution in [0.25, 0.3) is 0 Å². The monoisotopic (exact) mass is 406 g/mol. The summed E-state index contributed by atoms with van der Waals surface area (Å²) in [6.07, 6.45) is 0.890. The molecule has 2 aromatic rings. The number of rotatable bonds is 8. The molecule has 0 aliphatic carbocycles. The molecule has 0 atom stereocenters. The van der Waals surface area contributed by atoms with Crippen molar-refractivity contribution in [3.63, 3.8) is 0 Å². The summed E-state index contributed by atoms with van der Waals surface area (Å²) in [5.41, 5.74) is 1.73. The van der Waals surface area contributed by atoms with Crippen molar-refractivity contribution in [3.8, 4) is 0 Å². The third-order valence-corrected chi connectivity index (χ3v) is 5.62. The van der Waals surface area contributed by atoms with Crippen molar-refractivity contribution < 1.29 is 27.6 Å². The Morgan fingerprint density at radius 2 is 1.79 bits per heavy atom. The molecule has 0 heterocycles. The predicted octanol–water partition coefficient (Wildman–Crippen LogP) is 2.23. The second-order valence-corrected chi connectivity index (χ2v) is 7.74. The van der Waals surface area contributed by atoms with Crippen molar-refractivity contribution in [2.75, 3.05) is 26.1 Å². The highest BCUT2D eigenvalue weighted by Gasteiger charge is 2.22.